The molecule has 1 saturated heterocycles. The molecule has 8 nitrogen and oxygen atoms in total. The van der Waals surface area contributed by atoms with Crippen LogP contribution in [0.5, 0.6) is 0 Å². The maximum absolute atomic E-state index is 13.0. The highest BCUT2D eigenvalue weighted by Crippen LogP contribution is 2.23. The first-order chi connectivity index (χ1) is 13.9. The van der Waals surface area contributed by atoms with E-state index in [2.05, 4.69) is 20.0 Å². The minimum absolute atomic E-state index is 0.384. The molecule has 0 spiro atoms. The Hall–Kier alpha value is -2.62. The summed E-state index contributed by atoms with van der Waals surface area (Å²) in [4.78, 5) is 11.0. The molecule has 1 aromatic carbocycles. The number of piperazine rings is 1. The van der Waals surface area contributed by atoms with Gasteiger partial charge in [-0.2, -0.15) is 9.29 Å². The molecule has 29 heavy (non-hydrogen) atoms. The summed E-state index contributed by atoms with van der Waals surface area (Å²) >= 11 is 0. The number of sulfonamides is 1. The zero-order chi connectivity index (χ0) is 20.4. The van der Waals surface area contributed by atoms with Gasteiger partial charge in [0.25, 0.3) is 0 Å². The molecule has 0 amide bonds. The molecule has 1 aliphatic rings. The summed E-state index contributed by atoms with van der Waals surface area (Å²) in [5.74, 6) is 1.01. The van der Waals surface area contributed by atoms with E-state index in [0.29, 0.717) is 49.3 Å². The number of benzene rings is 1. The average Bonchev–Trinajstić information content (AvgIpc) is 3.17. The van der Waals surface area contributed by atoms with Gasteiger partial charge in [0, 0.05) is 44.1 Å². The zero-order valence-electron chi connectivity index (χ0n) is 16.4. The Kier molecular flexibility index (Phi) is 5.44. The van der Waals surface area contributed by atoms with Gasteiger partial charge in [0.15, 0.2) is 0 Å². The van der Waals surface area contributed by atoms with Crippen molar-refractivity contribution in [1.29, 1.82) is 0 Å². The van der Waals surface area contributed by atoms with Gasteiger partial charge in [0.2, 0.25) is 21.7 Å². The van der Waals surface area contributed by atoms with Gasteiger partial charge in [-0.05, 0) is 37.6 Å². The molecular weight excluding hydrogens is 390 g/mol. The lowest BCUT2D eigenvalue weighted by Gasteiger charge is -2.33. The second kappa shape index (κ2) is 8.02. The van der Waals surface area contributed by atoms with Gasteiger partial charge < -0.3 is 4.52 Å². The van der Waals surface area contributed by atoms with Crippen LogP contribution < -0.4 is 0 Å². The molecule has 0 bridgehead atoms. The SMILES string of the molecule is Cc1ccc(S(=O)(=O)N2CCN(Cc3nc(-c4cccnc4)no3)CC2)c(C)c1. The minimum atomic E-state index is -3.49. The van der Waals surface area contributed by atoms with Crippen molar-refractivity contribution in [2.45, 2.75) is 25.3 Å². The molecule has 9 heteroatoms. The smallest absolute Gasteiger partial charge is 0.243 e. The van der Waals surface area contributed by atoms with Crippen molar-refractivity contribution >= 4 is 10.0 Å². The Labute approximate surface area is 170 Å². The van der Waals surface area contributed by atoms with Crippen molar-refractivity contribution in [1.82, 2.24) is 24.3 Å². The van der Waals surface area contributed by atoms with E-state index in [4.69, 9.17) is 4.52 Å². The van der Waals surface area contributed by atoms with E-state index >= 15 is 0 Å². The van der Waals surface area contributed by atoms with Crippen molar-refractivity contribution < 1.29 is 12.9 Å². The fourth-order valence-electron chi connectivity index (χ4n) is 3.48. The summed E-state index contributed by atoms with van der Waals surface area (Å²) < 4.78 is 32.9. The lowest BCUT2D eigenvalue weighted by Crippen LogP contribution is -2.48. The van der Waals surface area contributed by atoms with Crippen molar-refractivity contribution in [3.8, 4) is 11.4 Å². The molecule has 0 radical (unpaired) electrons. The van der Waals surface area contributed by atoms with E-state index in [1.54, 1.807) is 22.8 Å². The maximum atomic E-state index is 13.0. The first kappa shape index (κ1) is 19.7. The molecule has 4 rings (SSSR count). The number of pyridine rings is 1. The molecule has 0 atom stereocenters. The molecule has 3 heterocycles. The molecule has 3 aromatic rings. The molecule has 0 unspecified atom stereocenters. The van der Waals surface area contributed by atoms with Crippen LogP contribution in [0.25, 0.3) is 11.4 Å². The Balaban J connectivity index is 1.39. The van der Waals surface area contributed by atoms with Gasteiger partial charge in [0.1, 0.15) is 0 Å². The number of rotatable bonds is 5. The van der Waals surface area contributed by atoms with Crippen LogP contribution in [0.4, 0.5) is 0 Å². The summed E-state index contributed by atoms with van der Waals surface area (Å²) in [6.45, 7) is 6.36. The third kappa shape index (κ3) is 4.21. The molecular formula is C20H23N5O3S. The second-order valence-corrected chi connectivity index (χ2v) is 9.11. The first-order valence-electron chi connectivity index (χ1n) is 9.46. The molecule has 0 N–H and O–H groups in total. The fourth-order valence-corrected chi connectivity index (χ4v) is 5.11. The number of aromatic nitrogens is 3. The van der Waals surface area contributed by atoms with Gasteiger partial charge in [0.05, 0.1) is 11.4 Å². The Morgan fingerprint density at radius 1 is 1.10 bits per heavy atom. The average molecular weight is 414 g/mol. The third-order valence-electron chi connectivity index (χ3n) is 5.03. The van der Waals surface area contributed by atoms with E-state index in [9.17, 15) is 8.42 Å². The van der Waals surface area contributed by atoms with Gasteiger partial charge in [-0.25, -0.2) is 8.42 Å². The summed E-state index contributed by atoms with van der Waals surface area (Å²) in [6.07, 6.45) is 3.38. The Bertz CT molecular complexity index is 1090. The van der Waals surface area contributed by atoms with Crippen LogP contribution in [-0.4, -0.2) is 58.9 Å². The van der Waals surface area contributed by atoms with Crippen molar-refractivity contribution in [2.24, 2.45) is 0 Å². The van der Waals surface area contributed by atoms with E-state index in [1.807, 2.05) is 38.1 Å². The predicted octanol–water partition coefficient (Wildman–Crippen LogP) is 2.25. The largest absolute Gasteiger partial charge is 0.338 e. The summed E-state index contributed by atoms with van der Waals surface area (Å²) in [6, 6.07) is 9.13. The number of hydrogen-bond donors (Lipinski definition) is 0. The second-order valence-electron chi connectivity index (χ2n) is 7.20. The first-order valence-corrected chi connectivity index (χ1v) is 10.9. The van der Waals surface area contributed by atoms with E-state index in [0.717, 1.165) is 16.7 Å². The molecule has 152 valence electrons. The molecule has 1 aliphatic heterocycles. The highest BCUT2D eigenvalue weighted by Gasteiger charge is 2.30. The molecule has 0 aliphatic carbocycles. The van der Waals surface area contributed by atoms with E-state index in [-0.39, 0.29) is 0 Å². The van der Waals surface area contributed by atoms with Crippen LogP contribution in [0.15, 0.2) is 52.1 Å². The minimum Gasteiger partial charge on any atom is -0.338 e. The van der Waals surface area contributed by atoms with E-state index in [1.165, 1.54) is 0 Å². The Morgan fingerprint density at radius 2 is 1.90 bits per heavy atom. The van der Waals surface area contributed by atoms with Crippen LogP contribution in [0.2, 0.25) is 0 Å². The third-order valence-corrected chi connectivity index (χ3v) is 7.09. The lowest BCUT2D eigenvalue weighted by atomic mass is 10.2. The molecule has 2 aromatic heterocycles. The number of aryl methyl sites for hydroxylation is 2. The van der Waals surface area contributed by atoms with Crippen LogP contribution in [-0.2, 0) is 16.6 Å². The topological polar surface area (TPSA) is 92.4 Å². The van der Waals surface area contributed by atoms with Gasteiger partial charge >= 0.3 is 0 Å². The molecule has 0 saturated carbocycles. The van der Waals surface area contributed by atoms with Gasteiger partial charge in [-0.3, -0.25) is 9.88 Å². The van der Waals surface area contributed by atoms with Crippen molar-refractivity contribution in [3.05, 3.63) is 59.7 Å². The summed E-state index contributed by atoms with van der Waals surface area (Å²) in [5, 5.41) is 4.00. The summed E-state index contributed by atoms with van der Waals surface area (Å²) in [5.41, 5.74) is 2.63. The summed E-state index contributed by atoms with van der Waals surface area (Å²) in [7, 11) is -3.49. The van der Waals surface area contributed by atoms with Gasteiger partial charge in [-0.1, -0.05) is 22.9 Å². The van der Waals surface area contributed by atoms with E-state index < -0.39 is 10.0 Å². The normalized spacial score (nSPS) is 16.2. The van der Waals surface area contributed by atoms with Crippen LogP contribution in [0.1, 0.15) is 17.0 Å². The maximum Gasteiger partial charge on any atom is 0.243 e. The van der Waals surface area contributed by atoms with Crippen molar-refractivity contribution in [3.63, 3.8) is 0 Å². The van der Waals surface area contributed by atoms with Gasteiger partial charge in [-0.15, -0.1) is 0 Å². The highest BCUT2D eigenvalue weighted by molar-refractivity contribution is 7.89. The number of nitrogens with zero attached hydrogens (tertiary/aromatic N) is 5. The predicted molar refractivity (Wildman–Crippen MR) is 107 cm³/mol. The standard InChI is InChI=1S/C20H23N5O3S/c1-15-5-6-18(16(2)12-15)29(26,27)25-10-8-24(9-11-25)14-19-22-20(23-28-19)17-4-3-7-21-13-17/h3-7,12-13H,8-11,14H2,1-2H3. The zero-order valence-corrected chi connectivity index (χ0v) is 17.3. The van der Waals surface area contributed by atoms with Crippen molar-refractivity contribution in [2.75, 3.05) is 26.2 Å². The Morgan fingerprint density at radius 3 is 2.59 bits per heavy atom. The van der Waals surface area contributed by atoms with Crippen LogP contribution in [0.3, 0.4) is 0 Å². The molecule has 1 fully saturated rings. The highest BCUT2D eigenvalue weighted by atomic mass is 32.2. The fraction of sp³-hybridized carbons (Fsp3) is 0.350. The number of hydrogen-bond acceptors (Lipinski definition) is 7. The quantitative estimate of drug-likeness (QED) is 0.633. The van der Waals surface area contributed by atoms with Crippen LogP contribution in [0, 0.1) is 13.8 Å². The monoisotopic (exact) mass is 413 g/mol. The lowest BCUT2D eigenvalue weighted by molar-refractivity contribution is 0.163. The van der Waals surface area contributed by atoms with Crippen LogP contribution >= 0.6 is 0 Å².